The van der Waals surface area contributed by atoms with Crippen LogP contribution in [0.2, 0.25) is 0 Å². The fourth-order valence-corrected chi connectivity index (χ4v) is 2.71. The van der Waals surface area contributed by atoms with Crippen LogP contribution in [0.3, 0.4) is 0 Å². The van der Waals surface area contributed by atoms with Gasteiger partial charge in [-0.2, -0.15) is 0 Å². The molecule has 0 heterocycles. The van der Waals surface area contributed by atoms with E-state index < -0.39 is 0 Å². The third-order valence-electron chi connectivity index (χ3n) is 4.02. The molecule has 23 heavy (non-hydrogen) atoms. The number of anilines is 1. The number of carbonyl (C=O) groups is 2. The molecule has 0 atom stereocenters. The van der Waals surface area contributed by atoms with E-state index >= 15 is 0 Å². The van der Waals surface area contributed by atoms with E-state index in [4.69, 9.17) is 0 Å². The van der Waals surface area contributed by atoms with Crippen LogP contribution in [0, 0.1) is 0 Å². The highest BCUT2D eigenvalue weighted by Crippen LogP contribution is 2.27. The highest BCUT2D eigenvalue weighted by Gasteiger charge is 2.20. The van der Waals surface area contributed by atoms with Crippen LogP contribution in [0.1, 0.15) is 58.1 Å². The van der Waals surface area contributed by atoms with Gasteiger partial charge in [-0.25, -0.2) is 0 Å². The number of amides is 2. The van der Waals surface area contributed by atoms with Crippen molar-refractivity contribution in [2.24, 2.45) is 0 Å². The normalized spacial score (nSPS) is 10.4. The molecule has 1 rings (SSSR count). The number of hydrogen-bond donors (Lipinski definition) is 1. The number of unbranched alkanes of at least 4 members (excludes halogenated alkanes) is 2. The van der Waals surface area contributed by atoms with Crippen molar-refractivity contribution in [1.29, 1.82) is 0 Å². The van der Waals surface area contributed by atoms with Gasteiger partial charge in [-0.15, -0.1) is 0 Å². The van der Waals surface area contributed by atoms with Crippen molar-refractivity contribution in [3.63, 3.8) is 0 Å². The zero-order valence-corrected chi connectivity index (χ0v) is 14.9. The quantitative estimate of drug-likeness (QED) is 0.709. The SMILES string of the molecule is CCCCCNC(=O)CN(C(C)=O)c1c(CC)cccc1CC. The third-order valence-corrected chi connectivity index (χ3v) is 4.02. The van der Waals surface area contributed by atoms with Gasteiger partial charge in [-0.3, -0.25) is 9.59 Å². The van der Waals surface area contributed by atoms with Crippen LogP contribution in [0.5, 0.6) is 0 Å². The van der Waals surface area contributed by atoms with Crippen molar-refractivity contribution >= 4 is 17.5 Å². The minimum atomic E-state index is -0.0933. The average molecular weight is 318 g/mol. The van der Waals surface area contributed by atoms with Crippen molar-refractivity contribution in [1.82, 2.24) is 5.32 Å². The second-order valence-electron chi connectivity index (χ2n) is 5.79. The van der Waals surface area contributed by atoms with Gasteiger partial charge in [0.15, 0.2) is 0 Å². The molecule has 4 heteroatoms. The van der Waals surface area contributed by atoms with Gasteiger partial charge >= 0.3 is 0 Å². The van der Waals surface area contributed by atoms with Crippen LogP contribution in [-0.4, -0.2) is 24.9 Å². The Hall–Kier alpha value is -1.84. The van der Waals surface area contributed by atoms with Gasteiger partial charge < -0.3 is 10.2 Å². The monoisotopic (exact) mass is 318 g/mol. The fraction of sp³-hybridized carbons (Fsp3) is 0.579. The Kier molecular flexibility index (Phi) is 8.38. The van der Waals surface area contributed by atoms with E-state index in [1.54, 1.807) is 4.90 Å². The minimum Gasteiger partial charge on any atom is -0.355 e. The van der Waals surface area contributed by atoms with E-state index in [2.05, 4.69) is 26.1 Å². The van der Waals surface area contributed by atoms with Crippen LogP contribution < -0.4 is 10.2 Å². The highest BCUT2D eigenvalue weighted by molar-refractivity contribution is 5.98. The van der Waals surface area contributed by atoms with Crippen LogP contribution in [0.4, 0.5) is 5.69 Å². The first-order valence-corrected chi connectivity index (χ1v) is 8.70. The lowest BCUT2D eigenvalue weighted by Gasteiger charge is -2.26. The fourth-order valence-electron chi connectivity index (χ4n) is 2.71. The van der Waals surface area contributed by atoms with E-state index in [9.17, 15) is 9.59 Å². The zero-order valence-electron chi connectivity index (χ0n) is 14.9. The largest absolute Gasteiger partial charge is 0.355 e. The summed E-state index contributed by atoms with van der Waals surface area (Å²) in [5.74, 6) is -0.187. The molecule has 4 nitrogen and oxygen atoms in total. The molecular formula is C19H30N2O2. The van der Waals surface area contributed by atoms with Crippen molar-refractivity contribution in [3.05, 3.63) is 29.3 Å². The van der Waals surface area contributed by atoms with Crippen molar-refractivity contribution in [3.8, 4) is 0 Å². The molecule has 0 saturated carbocycles. The molecule has 0 bridgehead atoms. The Morgan fingerprint density at radius 1 is 1.04 bits per heavy atom. The first-order valence-electron chi connectivity index (χ1n) is 8.70. The van der Waals surface area contributed by atoms with Gasteiger partial charge in [0.2, 0.25) is 11.8 Å². The summed E-state index contributed by atoms with van der Waals surface area (Å²) in [4.78, 5) is 25.9. The third kappa shape index (κ3) is 5.70. The van der Waals surface area contributed by atoms with Gasteiger partial charge in [-0.05, 0) is 30.4 Å². The molecule has 0 aliphatic carbocycles. The van der Waals surface area contributed by atoms with E-state index in [0.717, 1.165) is 48.9 Å². The molecule has 128 valence electrons. The van der Waals surface area contributed by atoms with Crippen molar-refractivity contribution in [2.45, 2.75) is 59.8 Å². The number of carbonyl (C=O) groups excluding carboxylic acids is 2. The second kappa shape index (κ2) is 10.0. The smallest absolute Gasteiger partial charge is 0.240 e. The molecular weight excluding hydrogens is 288 g/mol. The van der Waals surface area contributed by atoms with Gasteiger partial charge in [-0.1, -0.05) is 51.8 Å². The Morgan fingerprint density at radius 3 is 2.13 bits per heavy atom. The predicted octanol–water partition coefficient (Wildman–Crippen LogP) is 3.47. The lowest BCUT2D eigenvalue weighted by molar-refractivity contribution is -0.123. The summed E-state index contributed by atoms with van der Waals surface area (Å²) in [7, 11) is 0. The molecule has 1 N–H and O–H groups in total. The van der Waals surface area contributed by atoms with Crippen LogP contribution in [0.15, 0.2) is 18.2 Å². The molecule has 0 unspecified atom stereocenters. The number of benzene rings is 1. The average Bonchev–Trinajstić information content (AvgIpc) is 2.55. The molecule has 1 aromatic carbocycles. The zero-order chi connectivity index (χ0) is 17.2. The van der Waals surface area contributed by atoms with Gasteiger partial charge in [0.25, 0.3) is 0 Å². The van der Waals surface area contributed by atoms with Crippen molar-refractivity contribution in [2.75, 3.05) is 18.0 Å². The maximum Gasteiger partial charge on any atom is 0.240 e. The van der Waals surface area contributed by atoms with Crippen LogP contribution in [0.25, 0.3) is 0 Å². The summed E-state index contributed by atoms with van der Waals surface area (Å²) in [6, 6.07) is 6.08. The molecule has 0 radical (unpaired) electrons. The number of para-hydroxylation sites is 1. The maximum atomic E-state index is 12.2. The molecule has 0 saturated heterocycles. The van der Waals surface area contributed by atoms with Gasteiger partial charge in [0.05, 0.1) is 5.69 Å². The molecule has 0 fully saturated rings. The van der Waals surface area contributed by atoms with Crippen LogP contribution >= 0.6 is 0 Å². The summed E-state index contributed by atoms with van der Waals surface area (Å²) < 4.78 is 0. The second-order valence-corrected chi connectivity index (χ2v) is 5.79. The Morgan fingerprint density at radius 2 is 1.65 bits per heavy atom. The topological polar surface area (TPSA) is 49.4 Å². The predicted molar refractivity (Wildman–Crippen MR) is 95.8 cm³/mol. The molecule has 0 aliphatic heterocycles. The van der Waals surface area contributed by atoms with E-state index in [1.807, 2.05) is 18.2 Å². The molecule has 1 aromatic rings. The first-order chi connectivity index (χ1) is 11.0. The summed E-state index contributed by atoms with van der Waals surface area (Å²) in [6.45, 7) is 8.56. The Labute approximate surface area is 140 Å². The first kappa shape index (κ1) is 19.2. The maximum absolute atomic E-state index is 12.2. The van der Waals surface area contributed by atoms with Gasteiger partial charge in [0, 0.05) is 13.5 Å². The summed E-state index contributed by atoms with van der Waals surface area (Å²) in [5.41, 5.74) is 3.13. The number of aryl methyl sites for hydroxylation is 2. The lowest BCUT2D eigenvalue weighted by Crippen LogP contribution is -2.41. The number of nitrogens with one attached hydrogen (secondary N) is 1. The number of nitrogens with zero attached hydrogens (tertiary/aromatic N) is 1. The standard InChI is InChI=1S/C19H30N2O2/c1-5-8-9-13-20-18(23)14-21(15(4)22)19-16(6-2)11-10-12-17(19)7-3/h10-12H,5-9,13-14H2,1-4H3,(H,20,23). The van der Waals surface area contributed by atoms with Gasteiger partial charge in [0.1, 0.15) is 6.54 Å². The van der Waals surface area contributed by atoms with E-state index in [-0.39, 0.29) is 18.4 Å². The molecule has 2 amide bonds. The van der Waals surface area contributed by atoms with Crippen LogP contribution in [-0.2, 0) is 22.4 Å². The lowest BCUT2D eigenvalue weighted by atomic mass is 10.0. The molecule has 0 aromatic heterocycles. The highest BCUT2D eigenvalue weighted by atomic mass is 16.2. The van der Waals surface area contributed by atoms with E-state index in [0.29, 0.717) is 6.54 Å². The Bertz CT molecular complexity index is 504. The summed E-state index contributed by atoms with van der Waals surface area (Å²) >= 11 is 0. The summed E-state index contributed by atoms with van der Waals surface area (Å²) in [6.07, 6.45) is 4.89. The van der Waals surface area contributed by atoms with Crippen molar-refractivity contribution < 1.29 is 9.59 Å². The molecule has 0 spiro atoms. The van der Waals surface area contributed by atoms with E-state index in [1.165, 1.54) is 6.92 Å². The summed E-state index contributed by atoms with van der Waals surface area (Å²) in [5, 5.41) is 2.91. The number of hydrogen-bond acceptors (Lipinski definition) is 2. The minimum absolute atomic E-state index is 0.0888. The Balaban J connectivity index is 2.91. The molecule has 0 aliphatic rings. The number of rotatable bonds is 9.